The van der Waals surface area contributed by atoms with Gasteiger partial charge < -0.3 is 9.30 Å². The van der Waals surface area contributed by atoms with Crippen molar-refractivity contribution in [1.29, 1.82) is 5.26 Å². The van der Waals surface area contributed by atoms with Crippen LogP contribution in [-0.4, -0.2) is 9.55 Å². The molecule has 0 amide bonds. The van der Waals surface area contributed by atoms with E-state index in [0.717, 1.165) is 33.5 Å². The zero-order valence-electron chi connectivity index (χ0n) is 17.7. The number of benzene rings is 3. The summed E-state index contributed by atoms with van der Waals surface area (Å²) in [6.45, 7) is 2.38. The molecule has 0 bridgehead atoms. The van der Waals surface area contributed by atoms with Gasteiger partial charge in [0.2, 0.25) is 0 Å². The van der Waals surface area contributed by atoms with Gasteiger partial charge in [-0.15, -0.1) is 0 Å². The molecule has 0 aliphatic carbocycles. The summed E-state index contributed by atoms with van der Waals surface area (Å²) in [5, 5.41) is 10.7. The Morgan fingerprint density at radius 3 is 2.53 bits per heavy atom. The predicted molar refractivity (Wildman–Crippen MR) is 128 cm³/mol. The molecule has 1 atom stereocenters. The zero-order chi connectivity index (χ0) is 22.7. The van der Waals surface area contributed by atoms with Gasteiger partial charge >= 0.3 is 0 Å². The van der Waals surface area contributed by atoms with Crippen LogP contribution in [0.5, 0.6) is 0 Å². The van der Waals surface area contributed by atoms with Gasteiger partial charge in [-0.2, -0.15) is 5.26 Å². The molecule has 0 saturated heterocycles. The fraction of sp³-hybridized carbons (Fsp3) is 0.154. The zero-order valence-corrected chi connectivity index (χ0v) is 19.2. The molecule has 1 unspecified atom stereocenters. The Balaban J connectivity index is 1.75. The van der Waals surface area contributed by atoms with Crippen molar-refractivity contribution in [3.05, 3.63) is 111 Å². The number of halogens is 2. The molecule has 4 rings (SSSR count). The van der Waals surface area contributed by atoms with Gasteiger partial charge in [-0.1, -0.05) is 59.6 Å². The number of aryl methyl sites for hydroxylation is 2. The van der Waals surface area contributed by atoms with E-state index < -0.39 is 0 Å². The number of hydrogen-bond donors (Lipinski definition) is 0. The Bertz CT molecular complexity index is 1310. The number of nitrogens with zero attached hydrogens (tertiary/aromatic N) is 3. The molecule has 1 heterocycles. The number of hydrogen-bond acceptors (Lipinski definition) is 3. The summed E-state index contributed by atoms with van der Waals surface area (Å²) in [5.74, 6) is 0. The highest BCUT2D eigenvalue weighted by Crippen LogP contribution is 2.34. The number of imidazole rings is 1. The van der Waals surface area contributed by atoms with Gasteiger partial charge in [-0.05, 0) is 53.4 Å². The second-order valence-corrected chi connectivity index (χ2v) is 8.42. The van der Waals surface area contributed by atoms with E-state index in [-0.39, 0.29) is 6.10 Å². The Morgan fingerprint density at radius 1 is 1.03 bits per heavy atom. The van der Waals surface area contributed by atoms with E-state index in [2.05, 4.69) is 11.1 Å². The fourth-order valence-electron chi connectivity index (χ4n) is 3.70. The second-order valence-electron chi connectivity index (χ2n) is 7.60. The van der Waals surface area contributed by atoms with Gasteiger partial charge in [0.15, 0.2) is 0 Å². The molecule has 0 aliphatic rings. The first kappa shape index (κ1) is 22.1. The maximum absolute atomic E-state index is 9.71. The van der Waals surface area contributed by atoms with Gasteiger partial charge in [0.1, 0.15) is 6.10 Å². The van der Waals surface area contributed by atoms with Crippen molar-refractivity contribution in [1.82, 2.24) is 9.55 Å². The van der Waals surface area contributed by atoms with Crippen LogP contribution in [0.4, 0.5) is 0 Å². The first-order valence-corrected chi connectivity index (χ1v) is 10.9. The minimum absolute atomic E-state index is 0.340. The largest absolute Gasteiger partial charge is 0.363 e. The number of ether oxygens (including phenoxy) is 1. The SMILES string of the molecule is Cc1ccccc1-c1cc(C(OCc2ccc(Cl)c(Cl)c2)c2cncn2C)ccc1C#N. The van der Waals surface area contributed by atoms with E-state index in [0.29, 0.717) is 22.2 Å². The van der Waals surface area contributed by atoms with Crippen molar-refractivity contribution in [2.45, 2.75) is 19.6 Å². The first-order valence-electron chi connectivity index (χ1n) is 10.1. The number of rotatable bonds is 6. The lowest BCUT2D eigenvalue weighted by molar-refractivity contribution is 0.0622. The Labute approximate surface area is 197 Å². The van der Waals surface area contributed by atoms with Gasteiger partial charge in [0.25, 0.3) is 0 Å². The number of nitriles is 1. The van der Waals surface area contributed by atoms with Crippen molar-refractivity contribution in [3.8, 4) is 17.2 Å². The molecular weight excluding hydrogens is 441 g/mol. The van der Waals surface area contributed by atoms with Crippen molar-refractivity contribution in [3.63, 3.8) is 0 Å². The minimum Gasteiger partial charge on any atom is -0.363 e. The lowest BCUT2D eigenvalue weighted by Gasteiger charge is -2.21. The highest BCUT2D eigenvalue weighted by Gasteiger charge is 2.21. The smallest absolute Gasteiger partial charge is 0.124 e. The molecule has 1 aromatic heterocycles. The van der Waals surface area contributed by atoms with Gasteiger partial charge in [0, 0.05) is 12.6 Å². The van der Waals surface area contributed by atoms with E-state index in [4.69, 9.17) is 27.9 Å². The highest BCUT2D eigenvalue weighted by molar-refractivity contribution is 6.42. The quantitative estimate of drug-likeness (QED) is 0.314. The molecule has 4 aromatic rings. The van der Waals surface area contributed by atoms with Crippen LogP contribution in [0.1, 0.15) is 34.1 Å². The molecule has 32 heavy (non-hydrogen) atoms. The van der Waals surface area contributed by atoms with Crippen LogP contribution in [0.15, 0.2) is 73.2 Å². The van der Waals surface area contributed by atoms with E-state index in [1.165, 1.54) is 0 Å². The molecule has 0 N–H and O–H groups in total. The summed E-state index contributed by atoms with van der Waals surface area (Å²) >= 11 is 12.2. The molecule has 0 radical (unpaired) electrons. The van der Waals surface area contributed by atoms with Crippen molar-refractivity contribution in [2.24, 2.45) is 7.05 Å². The summed E-state index contributed by atoms with van der Waals surface area (Å²) in [6.07, 6.45) is 3.16. The second kappa shape index (κ2) is 9.58. The van der Waals surface area contributed by atoms with Crippen LogP contribution >= 0.6 is 23.2 Å². The Morgan fingerprint density at radius 2 is 1.84 bits per heavy atom. The molecule has 3 aromatic carbocycles. The van der Waals surface area contributed by atoms with E-state index in [1.54, 1.807) is 18.6 Å². The average Bonchev–Trinajstić information content (AvgIpc) is 3.22. The Hall–Kier alpha value is -3.10. The first-order chi connectivity index (χ1) is 15.5. The molecule has 4 nitrogen and oxygen atoms in total. The van der Waals surface area contributed by atoms with Gasteiger partial charge in [0.05, 0.1) is 46.5 Å². The molecule has 160 valence electrons. The summed E-state index contributed by atoms with van der Waals surface area (Å²) in [6, 6.07) is 21.7. The molecule has 6 heteroatoms. The monoisotopic (exact) mass is 461 g/mol. The number of aromatic nitrogens is 2. The van der Waals surface area contributed by atoms with Crippen LogP contribution in [0, 0.1) is 18.3 Å². The van der Waals surface area contributed by atoms with E-state index >= 15 is 0 Å². The third-order valence-electron chi connectivity index (χ3n) is 5.43. The highest BCUT2D eigenvalue weighted by atomic mass is 35.5. The van der Waals surface area contributed by atoms with Crippen LogP contribution in [-0.2, 0) is 18.4 Å². The van der Waals surface area contributed by atoms with Crippen molar-refractivity contribution >= 4 is 23.2 Å². The van der Waals surface area contributed by atoms with Gasteiger partial charge in [-0.3, -0.25) is 0 Å². The van der Waals surface area contributed by atoms with E-state index in [9.17, 15) is 5.26 Å². The normalized spacial score (nSPS) is 11.8. The summed E-state index contributed by atoms with van der Waals surface area (Å²) in [4.78, 5) is 4.27. The summed E-state index contributed by atoms with van der Waals surface area (Å²) in [5.41, 5.74) is 6.40. The molecular formula is C26H21Cl2N3O. The fourth-order valence-corrected chi connectivity index (χ4v) is 4.02. The molecule has 0 saturated carbocycles. The summed E-state index contributed by atoms with van der Waals surface area (Å²) in [7, 11) is 1.93. The van der Waals surface area contributed by atoms with Crippen LogP contribution in [0.2, 0.25) is 10.0 Å². The lowest BCUT2D eigenvalue weighted by Crippen LogP contribution is -2.11. The molecule has 0 fully saturated rings. The summed E-state index contributed by atoms with van der Waals surface area (Å²) < 4.78 is 8.32. The minimum atomic E-state index is -0.382. The Kier molecular flexibility index (Phi) is 6.62. The average molecular weight is 462 g/mol. The van der Waals surface area contributed by atoms with Crippen molar-refractivity contribution < 1.29 is 4.74 Å². The van der Waals surface area contributed by atoms with Gasteiger partial charge in [-0.25, -0.2) is 4.98 Å². The molecule has 0 aliphatic heterocycles. The maximum Gasteiger partial charge on any atom is 0.124 e. The van der Waals surface area contributed by atoms with E-state index in [1.807, 2.05) is 73.1 Å². The third-order valence-corrected chi connectivity index (χ3v) is 6.16. The topological polar surface area (TPSA) is 50.8 Å². The van der Waals surface area contributed by atoms with Crippen LogP contribution in [0.25, 0.3) is 11.1 Å². The third kappa shape index (κ3) is 4.56. The lowest BCUT2D eigenvalue weighted by atomic mass is 9.93. The van der Waals surface area contributed by atoms with Crippen molar-refractivity contribution in [2.75, 3.05) is 0 Å². The maximum atomic E-state index is 9.71. The molecule has 0 spiro atoms. The van der Waals surface area contributed by atoms with Crippen LogP contribution < -0.4 is 0 Å². The standard InChI is InChI=1S/C26H21Cl2N3O/c1-17-5-3-4-6-21(17)22-12-19(8-9-20(22)13-29)26(25-14-30-16-31(25)2)32-15-18-7-10-23(27)24(28)11-18/h3-12,14,16,26H,15H2,1-2H3. The predicted octanol–water partition coefficient (Wildman–Crippen LogP) is 6.88. The van der Waals surface area contributed by atoms with Crippen LogP contribution in [0.3, 0.4) is 0 Å².